The molecule has 72 valence electrons. The van der Waals surface area contributed by atoms with E-state index in [2.05, 4.69) is 0 Å². The van der Waals surface area contributed by atoms with Gasteiger partial charge in [-0.2, -0.15) is 0 Å². The molecule has 13 heteroatoms. The Morgan fingerprint density at radius 1 is 0.615 bits per heavy atom. The van der Waals surface area contributed by atoms with Crippen molar-refractivity contribution in [3.63, 3.8) is 0 Å². The molecule has 0 aliphatic rings. The van der Waals surface area contributed by atoms with E-state index in [4.69, 9.17) is 35.0 Å². The molecular weight excluding hydrogens is 297 g/mol. The molecule has 0 saturated carbocycles. The average molecular weight is 297 g/mol. The second-order valence-corrected chi connectivity index (χ2v) is 2.45. The Kier molecular flexibility index (Phi) is 27.9. The van der Waals surface area contributed by atoms with Gasteiger partial charge in [0.1, 0.15) is 0 Å². The summed E-state index contributed by atoms with van der Waals surface area (Å²) in [5.74, 6) is 0. The Bertz CT molecular complexity index is 217. The molecule has 0 rings (SSSR count). The minimum absolute atomic E-state index is 0. The van der Waals surface area contributed by atoms with E-state index in [1.165, 1.54) is 0 Å². The third-order valence-corrected chi connectivity index (χ3v) is 0. The summed E-state index contributed by atoms with van der Waals surface area (Å²) < 4.78 is 68.2. The minimum atomic E-state index is -5.17. The van der Waals surface area contributed by atoms with Crippen LogP contribution < -0.4 is 59.1 Å². The largest absolute Gasteiger partial charge is 2.00 e. The summed E-state index contributed by atoms with van der Waals surface area (Å²) in [6, 6.07) is 0. The second-order valence-electron chi connectivity index (χ2n) is 0.816. The first-order valence-corrected chi connectivity index (χ1v) is 4.00. The summed E-state index contributed by atoms with van der Waals surface area (Å²) in [7, 11) is -10.3. The Labute approximate surface area is 130 Å². The normalized spacial score (nSPS) is 8.92. The summed E-state index contributed by atoms with van der Waals surface area (Å²) in [4.78, 5) is 0. The average Bonchev–Trinajstić information content (AvgIpc) is 1.12. The molecular formula is Na2NiO8S2. The van der Waals surface area contributed by atoms with Crippen molar-refractivity contribution in [3.05, 3.63) is 0 Å². The van der Waals surface area contributed by atoms with Gasteiger partial charge in [0.25, 0.3) is 0 Å². The summed E-state index contributed by atoms with van der Waals surface area (Å²) in [5, 5.41) is 0. The Hall–Kier alpha value is 2.23. The monoisotopic (exact) mass is 296 g/mol. The molecule has 8 nitrogen and oxygen atoms in total. The predicted molar refractivity (Wildman–Crippen MR) is 20.9 cm³/mol. The van der Waals surface area contributed by atoms with Gasteiger partial charge in [0, 0.05) is 20.8 Å². The van der Waals surface area contributed by atoms with Gasteiger partial charge in [-0.1, -0.05) is 0 Å². The molecule has 0 radical (unpaired) electrons. The van der Waals surface area contributed by atoms with Crippen LogP contribution in [0.2, 0.25) is 0 Å². The summed E-state index contributed by atoms with van der Waals surface area (Å²) in [5.41, 5.74) is 0. The maximum Gasteiger partial charge on any atom is 2.00 e. The molecule has 0 aromatic rings. The zero-order valence-electron chi connectivity index (χ0n) is 6.40. The van der Waals surface area contributed by atoms with Crippen LogP contribution in [0.5, 0.6) is 0 Å². The fourth-order valence-electron chi connectivity index (χ4n) is 0. The van der Waals surface area contributed by atoms with E-state index in [9.17, 15) is 0 Å². The third kappa shape index (κ3) is 427. The van der Waals surface area contributed by atoms with Crippen LogP contribution in [0, 0.1) is 0 Å². The molecule has 0 aromatic heterocycles. The van der Waals surface area contributed by atoms with Gasteiger partial charge >= 0.3 is 75.6 Å². The first kappa shape index (κ1) is 29.5. The van der Waals surface area contributed by atoms with Gasteiger partial charge in [-0.15, -0.1) is 0 Å². The molecule has 0 heterocycles. The van der Waals surface area contributed by atoms with Gasteiger partial charge < -0.3 is 18.2 Å². The maximum atomic E-state index is 8.52. The molecule has 0 unspecified atom stereocenters. The number of hydrogen-bond donors (Lipinski definition) is 0. The smallest absolute Gasteiger partial charge is 0.759 e. The van der Waals surface area contributed by atoms with Gasteiger partial charge in [-0.05, 0) is 0 Å². The standard InChI is InChI=1S/2Na.Ni.2H2O4S/c;;;2*1-5(2,3)4/h;;;2*(H2,1,2,3,4)/q2*+1;+2;;/p-4. The minimum Gasteiger partial charge on any atom is -0.759 e. The van der Waals surface area contributed by atoms with Gasteiger partial charge in [0.2, 0.25) is 0 Å². The molecule has 0 aliphatic heterocycles. The fourth-order valence-corrected chi connectivity index (χ4v) is 0. The Morgan fingerprint density at radius 2 is 0.615 bits per heavy atom. The summed E-state index contributed by atoms with van der Waals surface area (Å²) >= 11 is 0. The molecule has 0 spiro atoms. The second kappa shape index (κ2) is 12.3. The van der Waals surface area contributed by atoms with Crippen molar-refractivity contribution >= 4 is 20.8 Å². The number of hydrogen-bond acceptors (Lipinski definition) is 8. The molecule has 13 heavy (non-hydrogen) atoms. The quantitative estimate of drug-likeness (QED) is 0.242. The van der Waals surface area contributed by atoms with Crippen molar-refractivity contribution in [3.8, 4) is 0 Å². The Balaban J connectivity index is -0.0000000267. The van der Waals surface area contributed by atoms with Crippen molar-refractivity contribution in [1.29, 1.82) is 0 Å². The molecule has 0 N–H and O–H groups in total. The molecule has 0 bridgehead atoms. The first-order valence-electron chi connectivity index (χ1n) is 1.33. The molecule has 0 atom stereocenters. The topological polar surface area (TPSA) is 161 Å². The van der Waals surface area contributed by atoms with E-state index in [1.807, 2.05) is 0 Å². The van der Waals surface area contributed by atoms with Crippen LogP contribution in [-0.4, -0.2) is 35.0 Å². The Morgan fingerprint density at radius 3 is 0.615 bits per heavy atom. The first-order chi connectivity index (χ1) is 4.00. The van der Waals surface area contributed by atoms with Crippen LogP contribution in [0.3, 0.4) is 0 Å². The van der Waals surface area contributed by atoms with Gasteiger partial charge in [0.05, 0.1) is 0 Å². The van der Waals surface area contributed by atoms with E-state index in [0.717, 1.165) is 0 Å². The van der Waals surface area contributed by atoms with Crippen LogP contribution in [0.15, 0.2) is 0 Å². The van der Waals surface area contributed by atoms with Gasteiger partial charge in [-0.25, -0.2) is 0 Å². The van der Waals surface area contributed by atoms with E-state index in [0.29, 0.717) is 0 Å². The van der Waals surface area contributed by atoms with Crippen LogP contribution in [0.25, 0.3) is 0 Å². The maximum absolute atomic E-state index is 8.52. The van der Waals surface area contributed by atoms with Crippen molar-refractivity contribution in [2.75, 3.05) is 0 Å². The summed E-state index contributed by atoms with van der Waals surface area (Å²) in [6.07, 6.45) is 0. The van der Waals surface area contributed by atoms with Crippen LogP contribution in [0.4, 0.5) is 0 Å². The summed E-state index contributed by atoms with van der Waals surface area (Å²) in [6.45, 7) is 0. The van der Waals surface area contributed by atoms with Gasteiger partial charge in [-0.3, -0.25) is 16.8 Å². The van der Waals surface area contributed by atoms with E-state index in [1.54, 1.807) is 0 Å². The zero-order valence-corrected chi connectivity index (χ0v) is 13.0. The number of rotatable bonds is 0. The molecule has 0 amide bonds. The molecule has 0 aliphatic carbocycles. The van der Waals surface area contributed by atoms with Crippen LogP contribution >= 0.6 is 0 Å². The fraction of sp³-hybridized carbons (Fsp3) is 0. The third-order valence-electron chi connectivity index (χ3n) is 0. The van der Waals surface area contributed by atoms with Crippen LogP contribution in [-0.2, 0) is 37.3 Å². The van der Waals surface area contributed by atoms with E-state index >= 15 is 0 Å². The molecule has 0 aromatic carbocycles. The SMILES string of the molecule is O=S(=O)([O-])[O-].O=S(=O)([O-])[O-].[Na+].[Na+].[Ni+2]. The van der Waals surface area contributed by atoms with Gasteiger partial charge in [0.15, 0.2) is 0 Å². The molecule has 0 fully saturated rings. The van der Waals surface area contributed by atoms with Crippen LogP contribution in [0.1, 0.15) is 0 Å². The van der Waals surface area contributed by atoms with E-state index < -0.39 is 20.8 Å². The van der Waals surface area contributed by atoms with Crippen molar-refractivity contribution < 1.29 is 111 Å². The van der Waals surface area contributed by atoms with Crippen molar-refractivity contribution in [2.45, 2.75) is 0 Å². The van der Waals surface area contributed by atoms with Crippen molar-refractivity contribution in [2.24, 2.45) is 0 Å². The predicted octanol–water partition coefficient (Wildman–Crippen LogP) is -8.67. The zero-order chi connectivity index (χ0) is 9.00. The molecule has 0 saturated heterocycles. The van der Waals surface area contributed by atoms with E-state index in [-0.39, 0.29) is 75.6 Å². The van der Waals surface area contributed by atoms with Crippen molar-refractivity contribution in [1.82, 2.24) is 0 Å².